The summed E-state index contributed by atoms with van der Waals surface area (Å²) in [6, 6.07) is 9.68. The summed E-state index contributed by atoms with van der Waals surface area (Å²) in [7, 11) is 1.29. The lowest BCUT2D eigenvalue weighted by molar-refractivity contribution is -0.134. The van der Waals surface area contributed by atoms with Crippen LogP contribution in [0.25, 0.3) is 0 Å². The number of aliphatic hydroxyl groups is 1. The predicted octanol–water partition coefficient (Wildman–Crippen LogP) is 1.68. The lowest BCUT2D eigenvalue weighted by atomic mass is 10.2. The van der Waals surface area contributed by atoms with Gasteiger partial charge in [0.05, 0.1) is 25.9 Å². The van der Waals surface area contributed by atoms with Crippen molar-refractivity contribution in [3.63, 3.8) is 0 Å². The molecule has 0 bridgehead atoms. The van der Waals surface area contributed by atoms with E-state index in [0.717, 1.165) is 5.56 Å². The molecule has 0 heterocycles. The highest BCUT2D eigenvalue weighted by Gasteiger charge is 2.12. The van der Waals surface area contributed by atoms with Crippen LogP contribution in [0.4, 0.5) is 0 Å². The van der Waals surface area contributed by atoms with E-state index in [1.807, 2.05) is 30.3 Å². The summed E-state index contributed by atoms with van der Waals surface area (Å²) < 4.78 is 9.93. The van der Waals surface area contributed by atoms with Crippen LogP contribution in [0, 0.1) is 0 Å². The van der Waals surface area contributed by atoms with Crippen molar-refractivity contribution in [2.24, 2.45) is 0 Å². The summed E-state index contributed by atoms with van der Waals surface area (Å²) in [5, 5.41) is 9.72. The van der Waals surface area contributed by atoms with Gasteiger partial charge in [0.1, 0.15) is 0 Å². The molecule has 1 aromatic carbocycles. The minimum Gasteiger partial charge on any atom is -0.466 e. The zero-order valence-corrected chi connectivity index (χ0v) is 10.6. The molecule has 0 fully saturated rings. The van der Waals surface area contributed by atoms with Crippen LogP contribution in [-0.4, -0.2) is 30.4 Å². The monoisotopic (exact) mass is 250 g/mol. The molecule has 0 saturated heterocycles. The summed E-state index contributed by atoms with van der Waals surface area (Å²) in [5.41, 5.74) is 1.04. The van der Waals surface area contributed by atoms with E-state index in [2.05, 4.69) is 4.74 Å². The lowest BCUT2D eigenvalue weighted by Gasteiger charge is -2.16. The average Bonchev–Trinajstić information content (AvgIpc) is 2.42. The number of rotatable bonds is 6. The van der Waals surface area contributed by atoms with Gasteiger partial charge >= 0.3 is 5.97 Å². The highest BCUT2D eigenvalue weighted by Crippen LogP contribution is 2.06. The van der Waals surface area contributed by atoms with Crippen molar-refractivity contribution in [2.45, 2.75) is 25.7 Å². The first-order valence-corrected chi connectivity index (χ1v) is 5.73. The largest absolute Gasteiger partial charge is 0.466 e. The van der Waals surface area contributed by atoms with Crippen LogP contribution in [0.3, 0.4) is 0 Å². The second-order valence-corrected chi connectivity index (χ2v) is 3.87. The first kappa shape index (κ1) is 14.4. The lowest BCUT2D eigenvalue weighted by Crippen LogP contribution is -2.24. The van der Waals surface area contributed by atoms with Crippen LogP contribution in [0.1, 0.15) is 12.5 Å². The molecule has 0 amide bonds. The third-order valence-electron chi connectivity index (χ3n) is 2.47. The second kappa shape index (κ2) is 7.63. The summed E-state index contributed by atoms with van der Waals surface area (Å²) >= 11 is 0. The third-order valence-corrected chi connectivity index (χ3v) is 2.47. The van der Waals surface area contributed by atoms with Crippen molar-refractivity contribution in [3.05, 3.63) is 48.0 Å². The molecule has 0 saturated carbocycles. The quantitative estimate of drug-likeness (QED) is 0.616. The Hall–Kier alpha value is -1.65. The number of ether oxygens (including phenoxy) is 2. The van der Waals surface area contributed by atoms with Gasteiger partial charge in [0, 0.05) is 6.08 Å². The van der Waals surface area contributed by atoms with Crippen LogP contribution in [-0.2, 0) is 20.9 Å². The number of carbonyl (C=O) groups is 1. The smallest absolute Gasteiger partial charge is 0.330 e. The van der Waals surface area contributed by atoms with Gasteiger partial charge in [-0.1, -0.05) is 30.3 Å². The molecule has 2 atom stereocenters. The summed E-state index contributed by atoms with van der Waals surface area (Å²) in [4.78, 5) is 10.9. The van der Waals surface area contributed by atoms with Gasteiger partial charge in [-0.25, -0.2) is 4.79 Å². The van der Waals surface area contributed by atoms with Gasteiger partial charge in [0.15, 0.2) is 0 Å². The molecule has 18 heavy (non-hydrogen) atoms. The van der Waals surface area contributed by atoms with E-state index >= 15 is 0 Å². The van der Waals surface area contributed by atoms with E-state index in [1.54, 1.807) is 6.92 Å². The third kappa shape index (κ3) is 5.12. The molecule has 1 aromatic rings. The van der Waals surface area contributed by atoms with Gasteiger partial charge in [-0.2, -0.15) is 0 Å². The molecule has 0 radical (unpaired) electrons. The van der Waals surface area contributed by atoms with Crippen LogP contribution < -0.4 is 0 Å². The molecular formula is C14H18O4. The first-order valence-electron chi connectivity index (χ1n) is 5.73. The Morgan fingerprint density at radius 2 is 2.06 bits per heavy atom. The molecule has 98 valence electrons. The maximum atomic E-state index is 10.9. The minimum atomic E-state index is -0.840. The zero-order chi connectivity index (χ0) is 13.4. The molecule has 1 rings (SSSR count). The number of carbonyl (C=O) groups excluding carboxylic acids is 1. The maximum absolute atomic E-state index is 10.9. The predicted molar refractivity (Wildman–Crippen MR) is 67.9 cm³/mol. The molecule has 1 N–H and O–H groups in total. The number of hydrogen-bond acceptors (Lipinski definition) is 4. The SMILES string of the molecule is COC(=O)/C=C/[C@H](O)[C@@H](C)OCc1ccccc1. The molecule has 0 aliphatic carbocycles. The van der Waals surface area contributed by atoms with Crippen LogP contribution in [0.2, 0.25) is 0 Å². The number of hydrogen-bond donors (Lipinski definition) is 1. The Bertz CT molecular complexity index is 386. The fraction of sp³-hybridized carbons (Fsp3) is 0.357. The summed E-state index contributed by atoms with van der Waals surface area (Å²) in [6.45, 7) is 2.17. The molecule has 0 aliphatic heterocycles. The van der Waals surface area contributed by atoms with Crippen molar-refractivity contribution in [3.8, 4) is 0 Å². The van der Waals surface area contributed by atoms with E-state index in [-0.39, 0.29) is 0 Å². The minimum absolute atomic E-state index is 0.397. The van der Waals surface area contributed by atoms with Crippen molar-refractivity contribution in [1.82, 2.24) is 0 Å². The molecule has 4 nitrogen and oxygen atoms in total. The van der Waals surface area contributed by atoms with Crippen molar-refractivity contribution in [1.29, 1.82) is 0 Å². The topological polar surface area (TPSA) is 55.8 Å². The average molecular weight is 250 g/mol. The van der Waals surface area contributed by atoms with Gasteiger partial charge in [0.2, 0.25) is 0 Å². The van der Waals surface area contributed by atoms with Crippen molar-refractivity contribution >= 4 is 5.97 Å². The number of esters is 1. The zero-order valence-electron chi connectivity index (χ0n) is 10.6. The molecule has 0 unspecified atom stereocenters. The van der Waals surface area contributed by atoms with Crippen LogP contribution in [0.15, 0.2) is 42.5 Å². The van der Waals surface area contributed by atoms with Crippen molar-refractivity contribution < 1.29 is 19.4 Å². The highest BCUT2D eigenvalue weighted by atomic mass is 16.5. The maximum Gasteiger partial charge on any atom is 0.330 e. The van der Waals surface area contributed by atoms with Gasteiger partial charge in [0.25, 0.3) is 0 Å². The standard InChI is InChI=1S/C14H18O4/c1-11(13(15)8-9-14(16)17-2)18-10-12-6-4-3-5-7-12/h3-9,11,13,15H,10H2,1-2H3/b9-8+/t11-,13+/m1/s1. The van der Waals surface area contributed by atoms with Gasteiger partial charge in [-0.15, -0.1) is 0 Å². The number of methoxy groups -OCH3 is 1. The summed E-state index contributed by atoms with van der Waals surface area (Å²) in [6.07, 6.45) is 1.31. The highest BCUT2D eigenvalue weighted by molar-refractivity contribution is 5.81. The molecule has 0 spiro atoms. The Balaban J connectivity index is 2.38. The van der Waals surface area contributed by atoms with Gasteiger partial charge in [-0.05, 0) is 18.6 Å². The molecule has 4 heteroatoms. The Labute approximate surface area is 107 Å². The van der Waals surface area contributed by atoms with Crippen LogP contribution in [0.5, 0.6) is 0 Å². The fourth-order valence-corrected chi connectivity index (χ4v) is 1.30. The Morgan fingerprint density at radius 1 is 1.39 bits per heavy atom. The van der Waals surface area contributed by atoms with E-state index in [4.69, 9.17) is 4.74 Å². The normalized spacial score (nSPS) is 14.4. The van der Waals surface area contributed by atoms with E-state index in [1.165, 1.54) is 19.3 Å². The van der Waals surface area contributed by atoms with Crippen LogP contribution >= 0.6 is 0 Å². The Morgan fingerprint density at radius 3 is 2.67 bits per heavy atom. The fourth-order valence-electron chi connectivity index (χ4n) is 1.30. The molecular weight excluding hydrogens is 232 g/mol. The van der Waals surface area contributed by atoms with Crippen molar-refractivity contribution in [2.75, 3.05) is 7.11 Å². The van der Waals surface area contributed by atoms with Gasteiger partial charge in [-0.3, -0.25) is 0 Å². The molecule has 0 aromatic heterocycles. The first-order chi connectivity index (χ1) is 8.63. The van der Waals surface area contributed by atoms with E-state index < -0.39 is 18.2 Å². The van der Waals surface area contributed by atoms with Gasteiger partial charge < -0.3 is 14.6 Å². The molecule has 0 aliphatic rings. The van der Waals surface area contributed by atoms with E-state index in [9.17, 15) is 9.90 Å². The summed E-state index contributed by atoms with van der Waals surface area (Å²) in [5.74, 6) is -0.496. The number of benzene rings is 1. The number of aliphatic hydroxyl groups excluding tert-OH is 1. The Kier molecular flexibility index (Phi) is 6.11. The van der Waals surface area contributed by atoms with E-state index in [0.29, 0.717) is 6.61 Å². The second-order valence-electron chi connectivity index (χ2n) is 3.87.